The standard InChI is InChI=1S/C15H19BrCl2N2O/c1-9-4-6-15(8-19,7-5-9)14(21)20-11-3-2-10(16)12(17)13(11)18/h2-3,9H,4-8,19H2,1H3,(H,20,21). The van der Waals surface area contributed by atoms with Crippen molar-refractivity contribution in [3.05, 3.63) is 26.7 Å². The maximum Gasteiger partial charge on any atom is 0.231 e. The summed E-state index contributed by atoms with van der Waals surface area (Å²) in [7, 11) is 0. The van der Waals surface area contributed by atoms with Gasteiger partial charge < -0.3 is 11.1 Å². The molecule has 0 aromatic heterocycles. The molecule has 0 aliphatic heterocycles. The third-order valence-electron chi connectivity index (χ3n) is 4.39. The normalized spacial score (nSPS) is 25.7. The van der Waals surface area contributed by atoms with E-state index in [-0.39, 0.29) is 5.91 Å². The average molecular weight is 394 g/mol. The molecule has 1 saturated carbocycles. The molecule has 0 heterocycles. The first-order valence-corrected chi connectivity index (χ1v) is 8.59. The number of amides is 1. The van der Waals surface area contributed by atoms with E-state index in [0.717, 1.165) is 25.7 Å². The van der Waals surface area contributed by atoms with Gasteiger partial charge in [0.15, 0.2) is 0 Å². The Morgan fingerprint density at radius 2 is 2.00 bits per heavy atom. The van der Waals surface area contributed by atoms with Gasteiger partial charge in [0.05, 0.1) is 21.1 Å². The van der Waals surface area contributed by atoms with Crippen molar-refractivity contribution in [1.29, 1.82) is 0 Å². The first-order chi connectivity index (χ1) is 9.89. The molecule has 0 unspecified atom stereocenters. The lowest BCUT2D eigenvalue weighted by Gasteiger charge is -2.37. The van der Waals surface area contributed by atoms with Crippen LogP contribution in [-0.2, 0) is 4.79 Å². The van der Waals surface area contributed by atoms with Crippen LogP contribution in [0.1, 0.15) is 32.6 Å². The van der Waals surface area contributed by atoms with E-state index in [1.165, 1.54) is 0 Å². The third-order valence-corrected chi connectivity index (χ3v) is 6.16. The number of anilines is 1. The molecule has 2 rings (SSSR count). The van der Waals surface area contributed by atoms with Crippen LogP contribution in [0.15, 0.2) is 16.6 Å². The number of rotatable bonds is 3. The van der Waals surface area contributed by atoms with Crippen molar-refractivity contribution >= 4 is 50.7 Å². The maximum absolute atomic E-state index is 12.7. The van der Waals surface area contributed by atoms with Crippen molar-refractivity contribution < 1.29 is 4.79 Å². The number of hydrogen-bond acceptors (Lipinski definition) is 2. The van der Waals surface area contributed by atoms with Crippen LogP contribution in [0.2, 0.25) is 10.0 Å². The molecule has 0 spiro atoms. The molecule has 1 fully saturated rings. The number of nitrogens with one attached hydrogen (secondary N) is 1. The summed E-state index contributed by atoms with van der Waals surface area (Å²) in [6.07, 6.45) is 3.69. The number of benzene rings is 1. The molecule has 116 valence electrons. The van der Waals surface area contributed by atoms with Crippen molar-refractivity contribution in [2.24, 2.45) is 17.1 Å². The zero-order valence-corrected chi connectivity index (χ0v) is 15.0. The number of halogens is 3. The minimum Gasteiger partial charge on any atom is -0.329 e. The number of carbonyl (C=O) groups excluding carboxylic acids is 1. The molecule has 0 saturated heterocycles. The Morgan fingerprint density at radius 3 is 2.57 bits per heavy atom. The summed E-state index contributed by atoms with van der Waals surface area (Å²) in [5.74, 6) is 0.598. The van der Waals surface area contributed by atoms with Crippen LogP contribution < -0.4 is 11.1 Å². The van der Waals surface area contributed by atoms with E-state index in [4.69, 9.17) is 28.9 Å². The van der Waals surface area contributed by atoms with Crippen LogP contribution >= 0.6 is 39.1 Å². The van der Waals surface area contributed by atoms with Crippen molar-refractivity contribution in [2.45, 2.75) is 32.6 Å². The zero-order valence-electron chi connectivity index (χ0n) is 11.9. The summed E-state index contributed by atoms with van der Waals surface area (Å²) in [6, 6.07) is 3.51. The fourth-order valence-corrected chi connectivity index (χ4v) is 3.54. The van der Waals surface area contributed by atoms with E-state index in [1.807, 2.05) is 0 Å². The lowest BCUT2D eigenvalue weighted by atomic mass is 9.70. The molecule has 1 amide bonds. The second-order valence-electron chi connectivity index (χ2n) is 5.84. The van der Waals surface area contributed by atoms with Gasteiger partial charge in [-0.05, 0) is 59.7 Å². The topological polar surface area (TPSA) is 55.1 Å². The van der Waals surface area contributed by atoms with Crippen LogP contribution in [0.5, 0.6) is 0 Å². The Morgan fingerprint density at radius 1 is 1.38 bits per heavy atom. The molecule has 0 radical (unpaired) electrons. The highest BCUT2D eigenvalue weighted by molar-refractivity contribution is 9.10. The van der Waals surface area contributed by atoms with Crippen molar-refractivity contribution in [2.75, 3.05) is 11.9 Å². The van der Waals surface area contributed by atoms with Gasteiger partial charge in [0.25, 0.3) is 0 Å². The highest BCUT2D eigenvalue weighted by Gasteiger charge is 2.40. The molecule has 1 aliphatic carbocycles. The minimum atomic E-state index is -0.491. The molecule has 1 aromatic carbocycles. The van der Waals surface area contributed by atoms with Gasteiger partial charge in [-0.1, -0.05) is 30.1 Å². The Labute approximate surface area is 143 Å². The fraction of sp³-hybridized carbons (Fsp3) is 0.533. The van der Waals surface area contributed by atoms with E-state index in [2.05, 4.69) is 28.2 Å². The highest BCUT2D eigenvalue weighted by atomic mass is 79.9. The van der Waals surface area contributed by atoms with Crippen molar-refractivity contribution in [1.82, 2.24) is 0 Å². The van der Waals surface area contributed by atoms with Crippen LogP contribution in [-0.4, -0.2) is 12.5 Å². The molecule has 3 N–H and O–H groups in total. The monoisotopic (exact) mass is 392 g/mol. The molecule has 1 aliphatic rings. The summed E-state index contributed by atoms with van der Waals surface area (Å²) in [5, 5.41) is 3.64. The van der Waals surface area contributed by atoms with Gasteiger partial charge >= 0.3 is 0 Å². The first-order valence-electron chi connectivity index (χ1n) is 7.04. The van der Waals surface area contributed by atoms with E-state index in [1.54, 1.807) is 12.1 Å². The Hall–Kier alpha value is -0.290. The lowest BCUT2D eigenvalue weighted by molar-refractivity contribution is -0.127. The predicted molar refractivity (Wildman–Crippen MR) is 91.9 cm³/mol. The second kappa shape index (κ2) is 6.86. The van der Waals surface area contributed by atoms with Gasteiger partial charge in [0, 0.05) is 11.0 Å². The summed E-state index contributed by atoms with van der Waals surface area (Å²) in [5.41, 5.74) is 5.94. The van der Waals surface area contributed by atoms with E-state index < -0.39 is 5.41 Å². The highest BCUT2D eigenvalue weighted by Crippen LogP contribution is 2.41. The van der Waals surface area contributed by atoms with Crippen LogP contribution in [0.3, 0.4) is 0 Å². The summed E-state index contributed by atoms with van der Waals surface area (Å²) in [4.78, 5) is 12.7. The summed E-state index contributed by atoms with van der Waals surface area (Å²) >= 11 is 15.6. The van der Waals surface area contributed by atoms with E-state index in [9.17, 15) is 4.79 Å². The smallest absolute Gasteiger partial charge is 0.231 e. The molecule has 1 aromatic rings. The number of nitrogens with two attached hydrogens (primary N) is 1. The predicted octanol–water partition coefficient (Wildman–Crippen LogP) is 4.85. The molecule has 0 atom stereocenters. The second-order valence-corrected chi connectivity index (χ2v) is 7.45. The van der Waals surface area contributed by atoms with Crippen molar-refractivity contribution in [3.8, 4) is 0 Å². The lowest BCUT2D eigenvalue weighted by Crippen LogP contribution is -2.44. The van der Waals surface area contributed by atoms with Crippen LogP contribution in [0.25, 0.3) is 0 Å². The number of carbonyl (C=O) groups is 1. The number of hydrogen-bond donors (Lipinski definition) is 2. The average Bonchev–Trinajstić information content (AvgIpc) is 2.49. The van der Waals surface area contributed by atoms with Gasteiger partial charge in [0.2, 0.25) is 5.91 Å². The molecule has 21 heavy (non-hydrogen) atoms. The molecular weight excluding hydrogens is 375 g/mol. The minimum absolute atomic E-state index is 0.0582. The fourth-order valence-electron chi connectivity index (χ4n) is 2.72. The summed E-state index contributed by atoms with van der Waals surface area (Å²) in [6.45, 7) is 2.57. The van der Waals surface area contributed by atoms with Gasteiger partial charge in [0.1, 0.15) is 0 Å². The molecule has 6 heteroatoms. The molecule has 0 bridgehead atoms. The van der Waals surface area contributed by atoms with E-state index >= 15 is 0 Å². The zero-order chi connectivity index (χ0) is 15.6. The Kier molecular flexibility index (Phi) is 5.58. The van der Waals surface area contributed by atoms with E-state index in [0.29, 0.717) is 32.7 Å². The molecular formula is C15H19BrCl2N2O. The van der Waals surface area contributed by atoms with Gasteiger partial charge in [-0.2, -0.15) is 0 Å². The van der Waals surface area contributed by atoms with Gasteiger partial charge in [-0.25, -0.2) is 0 Å². The Bertz CT molecular complexity index is 543. The first kappa shape index (κ1) is 17.1. The SMILES string of the molecule is CC1CCC(CN)(C(=O)Nc2ccc(Br)c(Cl)c2Cl)CC1. The van der Waals surface area contributed by atoms with Crippen LogP contribution in [0, 0.1) is 11.3 Å². The Balaban J connectivity index is 2.19. The summed E-state index contributed by atoms with van der Waals surface area (Å²) < 4.78 is 0.701. The largest absolute Gasteiger partial charge is 0.329 e. The van der Waals surface area contributed by atoms with Gasteiger partial charge in [-0.15, -0.1) is 0 Å². The quantitative estimate of drug-likeness (QED) is 0.721. The maximum atomic E-state index is 12.7. The van der Waals surface area contributed by atoms with Crippen molar-refractivity contribution in [3.63, 3.8) is 0 Å². The third kappa shape index (κ3) is 3.55. The molecule has 3 nitrogen and oxygen atoms in total. The van der Waals surface area contributed by atoms with Gasteiger partial charge in [-0.3, -0.25) is 4.79 Å². The van der Waals surface area contributed by atoms with Crippen LogP contribution in [0.4, 0.5) is 5.69 Å².